The molecule has 0 radical (unpaired) electrons. The van der Waals surface area contributed by atoms with Gasteiger partial charge in [-0.15, -0.1) is 0 Å². The first-order chi connectivity index (χ1) is 10.7. The predicted octanol–water partition coefficient (Wildman–Crippen LogP) is 4.00. The minimum Gasteiger partial charge on any atom is -0.479 e. The summed E-state index contributed by atoms with van der Waals surface area (Å²) in [5, 5.41) is 0. The molecule has 0 saturated heterocycles. The predicted molar refractivity (Wildman–Crippen MR) is 81.5 cm³/mol. The second-order valence-corrected chi connectivity index (χ2v) is 4.91. The van der Waals surface area contributed by atoms with E-state index in [1.165, 1.54) is 0 Å². The van der Waals surface area contributed by atoms with Crippen LogP contribution in [0.4, 0.5) is 0 Å². The molecule has 0 amide bonds. The van der Waals surface area contributed by atoms with Crippen LogP contribution < -0.4 is 4.74 Å². The fraction of sp³-hybridized carbons (Fsp3) is 0.167. The van der Waals surface area contributed by atoms with Crippen LogP contribution in [-0.2, 0) is 14.3 Å². The third kappa shape index (κ3) is 3.28. The highest BCUT2D eigenvalue weighted by atomic mass is 16.6. The van der Waals surface area contributed by atoms with E-state index in [4.69, 9.17) is 14.2 Å². The molecule has 0 spiro atoms. The van der Waals surface area contributed by atoms with Crippen molar-refractivity contribution in [2.75, 3.05) is 6.61 Å². The number of para-hydroxylation sites is 1. The zero-order chi connectivity index (χ0) is 15.4. The van der Waals surface area contributed by atoms with Crippen LogP contribution in [0.15, 0.2) is 66.4 Å². The molecule has 3 rings (SSSR count). The second-order valence-electron chi connectivity index (χ2n) is 4.91. The Morgan fingerprint density at radius 2 is 1.82 bits per heavy atom. The number of esters is 1. The molecular formula is C18H16O4. The first kappa shape index (κ1) is 14.2. The van der Waals surface area contributed by atoms with E-state index in [9.17, 15) is 4.79 Å². The van der Waals surface area contributed by atoms with Gasteiger partial charge in [-0.2, -0.15) is 0 Å². The lowest BCUT2D eigenvalue weighted by Gasteiger charge is -2.15. The maximum Gasteiger partial charge on any atom is 0.373 e. The number of hydrogen-bond donors (Lipinski definition) is 0. The van der Waals surface area contributed by atoms with Crippen molar-refractivity contribution in [3.05, 3.63) is 72.0 Å². The largest absolute Gasteiger partial charge is 0.479 e. The topological polar surface area (TPSA) is 44.8 Å². The highest BCUT2D eigenvalue weighted by molar-refractivity contribution is 5.88. The number of rotatable bonds is 5. The molecule has 4 nitrogen and oxygen atoms in total. The molecule has 2 aromatic rings. The SMILES string of the molecule is C[C@H](OC1=CCOC1=O)c1cccc(Oc2ccccc2)c1. The molecule has 0 bridgehead atoms. The van der Waals surface area contributed by atoms with Gasteiger partial charge in [0.05, 0.1) is 0 Å². The molecule has 0 aliphatic carbocycles. The number of hydrogen-bond acceptors (Lipinski definition) is 4. The molecule has 1 aliphatic heterocycles. The number of benzene rings is 2. The third-order valence-corrected chi connectivity index (χ3v) is 3.29. The van der Waals surface area contributed by atoms with E-state index in [0.717, 1.165) is 17.1 Å². The number of ether oxygens (including phenoxy) is 3. The number of carbonyl (C=O) groups is 1. The summed E-state index contributed by atoms with van der Waals surface area (Å²) in [5.74, 6) is 1.35. The van der Waals surface area contributed by atoms with E-state index in [2.05, 4.69) is 0 Å². The van der Waals surface area contributed by atoms with E-state index >= 15 is 0 Å². The quantitative estimate of drug-likeness (QED) is 0.782. The van der Waals surface area contributed by atoms with Crippen molar-refractivity contribution < 1.29 is 19.0 Å². The monoisotopic (exact) mass is 296 g/mol. The Hall–Kier alpha value is -2.75. The van der Waals surface area contributed by atoms with Crippen molar-refractivity contribution in [1.29, 1.82) is 0 Å². The Kier molecular flexibility index (Phi) is 4.10. The van der Waals surface area contributed by atoms with Gasteiger partial charge in [-0.05, 0) is 36.8 Å². The molecule has 1 atom stereocenters. The van der Waals surface area contributed by atoms with E-state index in [1.807, 2.05) is 61.5 Å². The van der Waals surface area contributed by atoms with E-state index in [-0.39, 0.29) is 18.5 Å². The molecule has 4 heteroatoms. The summed E-state index contributed by atoms with van der Waals surface area (Å²) in [7, 11) is 0. The summed E-state index contributed by atoms with van der Waals surface area (Å²) in [5.41, 5.74) is 0.925. The van der Waals surface area contributed by atoms with Gasteiger partial charge in [0.15, 0.2) is 0 Å². The lowest BCUT2D eigenvalue weighted by atomic mass is 10.1. The summed E-state index contributed by atoms with van der Waals surface area (Å²) in [4.78, 5) is 11.4. The van der Waals surface area contributed by atoms with Crippen LogP contribution in [0.2, 0.25) is 0 Å². The lowest BCUT2D eigenvalue weighted by molar-refractivity contribution is -0.140. The molecule has 1 heterocycles. The summed E-state index contributed by atoms with van der Waals surface area (Å²) >= 11 is 0. The Labute approximate surface area is 128 Å². The molecule has 0 unspecified atom stereocenters. The third-order valence-electron chi connectivity index (χ3n) is 3.29. The van der Waals surface area contributed by atoms with Gasteiger partial charge in [0.2, 0.25) is 5.76 Å². The van der Waals surface area contributed by atoms with Gasteiger partial charge < -0.3 is 14.2 Å². The summed E-state index contributed by atoms with van der Waals surface area (Å²) < 4.78 is 16.3. The zero-order valence-electron chi connectivity index (χ0n) is 12.2. The molecule has 0 saturated carbocycles. The molecule has 22 heavy (non-hydrogen) atoms. The smallest absolute Gasteiger partial charge is 0.373 e. The zero-order valence-corrected chi connectivity index (χ0v) is 12.2. The molecule has 0 aromatic heterocycles. The molecule has 2 aromatic carbocycles. The van der Waals surface area contributed by atoms with Gasteiger partial charge in [0.25, 0.3) is 0 Å². The first-order valence-electron chi connectivity index (χ1n) is 7.09. The fourth-order valence-electron chi connectivity index (χ4n) is 2.16. The Balaban J connectivity index is 1.72. The van der Waals surface area contributed by atoms with E-state index in [1.54, 1.807) is 6.08 Å². The van der Waals surface area contributed by atoms with Gasteiger partial charge >= 0.3 is 5.97 Å². The Morgan fingerprint density at radius 1 is 1.05 bits per heavy atom. The van der Waals surface area contributed by atoms with Gasteiger partial charge in [-0.3, -0.25) is 0 Å². The normalized spacial score (nSPS) is 15.0. The van der Waals surface area contributed by atoms with Crippen LogP contribution in [0.5, 0.6) is 11.5 Å². The van der Waals surface area contributed by atoms with Crippen molar-refractivity contribution in [3.8, 4) is 11.5 Å². The van der Waals surface area contributed by atoms with Crippen LogP contribution in [-0.4, -0.2) is 12.6 Å². The minimum atomic E-state index is -0.413. The van der Waals surface area contributed by atoms with Crippen molar-refractivity contribution in [3.63, 3.8) is 0 Å². The van der Waals surface area contributed by atoms with Crippen molar-refractivity contribution in [1.82, 2.24) is 0 Å². The summed E-state index contributed by atoms with van der Waals surface area (Å²) in [6.45, 7) is 2.16. The number of cyclic esters (lactones) is 1. The molecule has 0 N–H and O–H groups in total. The standard InChI is InChI=1S/C18H16O4/c1-13(21-17-10-11-20-18(17)19)14-6-5-9-16(12-14)22-15-7-3-2-4-8-15/h2-10,12-13H,11H2,1H3/t13-/m0/s1. The van der Waals surface area contributed by atoms with Crippen LogP contribution in [0.3, 0.4) is 0 Å². The van der Waals surface area contributed by atoms with Gasteiger partial charge in [-0.1, -0.05) is 30.3 Å². The Bertz CT molecular complexity index is 691. The van der Waals surface area contributed by atoms with Gasteiger partial charge in [-0.25, -0.2) is 4.79 Å². The molecule has 0 fully saturated rings. The second kappa shape index (κ2) is 6.35. The summed E-state index contributed by atoms with van der Waals surface area (Å²) in [6.07, 6.45) is 1.37. The van der Waals surface area contributed by atoms with Crippen molar-refractivity contribution >= 4 is 5.97 Å². The van der Waals surface area contributed by atoms with Crippen LogP contribution in [0.25, 0.3) is 0 Å². The Morgan fingerprint density at radius 3 is 2.55 bits per heavy atom. The van der Waals surface area contributed by atoms with Crippen LogP contribution in [0, 0.1) is 0 Å². The van der Waals surface area contributed by atoms with E-state index in [0.29, 0.717) is 0 Å². The van der Waals surface area contributed by atoms with Crippen LogP contribution in [0.1, 0.15) is 18.6 Å². The lowest BCUT2D eigenvalue weighted by Crippen LogP contribution is -2.06. The maximum atomic E-state index is 11.4. The van der Waals surface area contributed by atoms with Crippen molar-refractivity contribution in [2.45, 2.75) is 13.0 Å². The average Bonchev–Trinajstić information content (AvgIpc) is 2.94. The average molecular weight is 296 g/mol. The van der Waals surface area contributed by atoms with Crippen molar-refractivity contribution in [2.24, 2.45) is 0 Å². The van der Waals surface area contributed by atoms with Gasteiger partial charge in [0.1, 0.15) is 24.2 Å². The number of carbonyl (C=O) groups excluding carboxylic acids is 1. The van der Waals surface area contributed by atoms with E-state index < -0.39 is 5.97 Å². The maximum absolute atomic E-state index is 11.4. The highest BCUT2D eigenvalue weighted by Crippen LogP contribution is 2.27. The fourth-order valence-corrected chi connectivity index (χ4v) is 2.16. The minimum absolute atomic E-state index is 0.266. The van der Waals surface area contributed by atoms with Gasteiger partial charge in [0, 0.05) is 6.08 Å². The molecule has 112 valence electrons. The molecule has 1 aliphatic rings. The van der Waals surface area contributed by atoms with Crippen LogP contribution >= 0.6 is 0 Å². The molecular weight excluding hydrogens is 280 g/mol. The summed E-state index contributed by atoms with van der Waals surface area (Å²) in [6, 6.07) is 17.2. The highest BCUT2D eigenvalue weighted by Gasteiger charge is 2.21. The first-order valence-corrected chi connectivity index (χ1v) is 7.09.